The number of phenols is 2. The van der Waals surface area contributed by atoms with Crippen LogP contribution in [-0.2, 0) is 9.59 Å². The van der Waals surface area contributed by atoms with E-state index in [2.05, 4.69) is 4.90 Å². The molecule has 210 valence electrons. The van der Waals surface area contributed by atoms with Gasteiger partial charge in [-0.1, -0.05) is 24.3 Å². The highest BCUT2D eigenvalue weighted by molar-refractivity contribution is 6.31. The number of carboxylic acids is 1. The number of fused-ring (bicyclic) bond motifs is 1. The Morgan fingerprint density at radius 1 is 1.02 bits per heavy atom. The Labute approximate surface area is 231 Å². The average molecular weight is 550 g/mol. The maximum absolute atomic E-state index is 12.6. The van der Waals surface area contributed by atoms with Crippen molar-refractivity contribution < 1.29 is 38.8 Å². The van der Waals surface area contributed by atoms with Gasteiger partial charge in [0.05, 0.1) is 6.67 Å². The predicted octanol–water partition coefficient (Wildman–Crippen LogP) is 5.10. The predicted molar refractivity (Wildman–Crippen MR) is 148 cm³/mol. The van der Waals surface area contributed by atoms with Crippen molar-refractivity contribution in [2.45, 2.75) is 20.0 Å². The molecule has 3 aromatic carbocycles. The van der Waals surface area contributed by atoms with Crippen LogP contribution in [0, 0.1) is 5.92 Å². The zero-order chi connectivity index (χ0) is 28.8. The number of ether oxygens (including phenoxy) is 2. The lowest BCUT2D eigenvalue weighted by Crippen LogP contribution is -2.49. The first kappa shape index (κ1) is 28.6. The van der Waals surface area contributed by atoms with Crippen molar-refractivity contribution in [1.82, 2.24) is 4.90 Å². The third-order valence-electron chi connectivity index (χ3n) is 6.85. The molecule has 0 aromatic heterocycles. The van der Waals surface area contributed by atoms with E-state index < -0.39 is 11.8 Å². The van der Waals surface area contributed by atoms with E-state index in [9.17, 15) is 24.2 Å². The number of benzene rings is 3. The summed E-state index contributed by atoms with van der Waals surface area (Å²) in [6.07, 6.45) is -0.383. The minimum atomic E-state index is -1.38. The van der Waals surface area contributed by atoms with Gasteiger partial charge in [-0.05, 0) is 66.1 Å². The molecule has 0 unspecified atom stereocenters. The molecule has 2 aliphatic rings. The van der Waals surface area contributed by atoms with Crippen LogP contribution in [0.25, 0.3) is 11.1 Å². The van der Waals surface area contributed by atoms with E-state index in [1.54, 1.807) is 30.3 Å². The summed E-state index contributed by atoms with van der Waals surface area (Å²) in [6.45, 7) is 5.73. The topological polar surface area (TPSA) is 117 Å². The van der Waals surface area contributed by atoms with Crippen LogP contribution >= 0.6 is 0 Å². The standard InChI is InChI=1S/C28H28FNO4.C3H4O3/c1-18-25-14-23(32)7-10-26(25)34-28(27(18)21-3-2-4-22(31)13-21)20-5-8-24(9-6-20)33-12-11-30-16-19(15-29)17-30;1-2(4)3(5)6/h2-10,13-14,19,28,31-32H,11-12,15-17H2,1H3;1H3,(H,5,6)/t28-;/m0./s1. The van der Waals surface area contributed by atoms with Crippen molar-refractivity contribution in [1.29, 1.82) is 0 Å². The highest BCUT2D eigenvalue weighted by atomic mass is 19.1. The number of rotatable bonds is 8. The number of carboxylic acid groups (broad SMARTS) is 1. The molecule has 0 spiro atoms. The number of allylic oxidation sites excluding steroid dienone is 1. The first-order chi connectivity index (χ1) is 19.2. The van der Waals surface area contributed by atoms with Crippen LogP contribution < -0.4 is 9.47 Å². The number of aromatic hydroxyl groups is 2. The SMILES string of the molecule is CC(=O)C(=O)O.CC1=C(c2cccc(O)c2)[C@H](c2ccc(OCCN3CC(CF)C3)cc2)Oc2ccc(O)cc21. The second-order valence-corrected chi connectivity index (χ2v) is 9.83. The number of hydrogen-bond donors (Lipinski definition) is 3. The number of ketones is 1. The molecular weight excluding hydrogens is 517 g/mol. The Morgan fingerprint density at radius 3 is 2.33 bits per heavy atom. The van der Waals surface area contributed by atoms with Crippen molar-refractivity contribution in [3.63, 3.8) is 0 Å². The molecule has 1 saturated heterocycles. The minimum Gasteiger partial charge on any atom is -0.508 e. The third-order valence-corrected chi connectivity index (χ3v) is 6.85. The number of Topliss-reactive ketones (excluding diaryl/α,β-unsaturated/α-hetero) is 1. The molecule has 1 fully saturated rings. The average Bonchev–Trinajstić information content (AvgIpc) is 2.91. The molecule has 3 N–H and O–H groups in total. The Balaban J connectivity index is 0.000000557. The van der Waals surface area contributed by atoms with Gasteiger partial charge in [0.15, 0.2) is 0 Å². The Bertz CT molecular complexity index is 1390. The molecule has 2 aliphatic heterocycles. The molecular formula is C31H32FNO7. The van der Waals surface area contributed by atoms with E-state index in [0.29, 0.717) is 12.4 Å². The lowest BCUT2D eigenvalue weighted by Gasteiger charge is -2.37. The molecule has 8 nitrogen and oxygen atoms in total. The molecule has 1 atom stereocenters. The summed E-state index contributed by atoms with van der Waals surface area (Å²) in [5.74, 6) is -0.193. The van der Waals surface area contributed by atoms with Gasteiger partial charge < -0.3 is 24.8 Å². The number of halogens is 1. The first-order valence-electron chi connectivity index (χ1n) is 12.9. The lowest BCUT2D eigenvalue weighted by molar-refractivity contribution is -0.148. The zero-order valence-electron chi connectivity index (χ0n) is 22.3. The highest BCUT2D eigenvalue weighted by Crippen LogP contribution is 2.47. The van der Waals surface area contributed by atoms with E-state index in [4.69, 9.17) is 14.6 Å². The molecule has 3 aromatic rings. The van der Waals surface area contributed by atoms with Crippen LogP contribution in [0.4, 0.5) is 4.39 Å². The van der Waals surface area contributed by atoms with E-state index in [1.165, 1.54) is 0 Å². The van der Waals surface area contributed by atoms with Gasteiger partial charge in [-0.25, -0.2) is 4.79 Å². The fourth-order valence-electron chi connectivity index (χ4n) is 4.71. The number of carbonyl (C=O) groups excluding carboxylic acids is 1. The lowest BCUT2D eigenvalue weighted by atomic mass is 9.86. The van der Waals surface area contributed by atoms with Crippen molar-refractivity contribution in [3.8, 4) is 23.0 Å². The second-order valence-electron chi connectivity index (χ2n) is 9.83. The molecule has 0 saturated carbocycles. The summed E-state index contributed by atoms with van der Waals surface area (Å²) in [4.78, 5) is 21.1. The highest BCUT2D eigenvalue weighted by Gasteiger charge is 2.30. The largest absolute Gasteiger partial charge is 0.508 e. The summed E-state index contributed by atoms with van der Waals surface area (Å²) in [5.41, 5.74) is 4.56. The first-order valence-corrected chi connectivity index (χ1v) is 12.9. The van der Waals surface area contributed by atoms with Crippen molar-refractivity contribution >= 4 is 22.9 Å². The van der Waals surface area contributed by atoms with Crippen molar-refractivity contribution in [2.24, 2.45) is 5.92 Å². The normalized spacial score (nSPS) is 16.6. The van der Waals surface area contributed by atoms with Gasteiger partial charge in [0, 0.05) is 43.6 Å². The maximum atomic E-state index is 12.6. The summed E-state index contributed by atoms with van der Waals surface area (Å²) in [5, 5.41) is 27.8. The van der Waals surface area contributed by atoms with Crippen LogP contribution in [0.1, 0.15) is 36.6 Å². The molecule has 40 heavy (non-hydrogen) atoms. The Morgan fingerprint density at radius 2 is 1.70 bits per heavy atom. The van der Waals surface area contributed by atoms with Gasteiger partial charge in [-0.3, -0.25) is 14.1 Å². The fraction of sp³-hybridized carbons (Fsp3) is 0.290. The monoisotopic (exact) mass is 549 g/mol. The molecule has 5 rings (SSSR count). The molecule has 0 bridgehead atoms. The zero-order valence-corrected chi connectivity index (χ0v) is 22.3. The van der Waals surface area contributed by atoms with Gasteiger partial charge in [0.1, 0.15) is 35.7 Å². The molecule has 0 aliphatic carbocycles. The van der Waals surface area contributed by atoms with Gasteiger partial charge in [-0.15, -0.1) is 0 Å². The summed E-state index contributed by atoms with van der Waals surface area (Å²) in [7, 11) is 0. The third kappa shape index (κ3) is 6.79. The van der Waals surface area contributed by atoms with Crippen LogP contribution in [0.15, 0.2) is 66.7 Å². The van der Waals surface area contributed by atoms with Gasteiger partial charge in [0.2, 0.25) is 5.78 Å². The van der Waals surface area contributed by atoms with Crippen LogP contribution in [0.3, 0.4) is 0 Å². The Hall–Kier alpha value is -4.37. The molecule has 9 heteroatoms. The van der Waals surface area contributed by atoms with Crippen molar-refractivity contribution in [3.05, 3.63) is 83.4 Å². The number of carbonyl (C=O) groups is 2. The number of likely N-dealkylation sites (tertiary alicyclic amines) is 1. The van der Waals surface area contributed by atoms with Crippen LogP contribution in [0.2, 0.25) is 0 Å². The van der Waals surface area contributed by atoms with Crippen LogP contribution in [-0.4, -0.2) is 64.9 Å². The van der Waals surface area contributed by atoms with Crippen LogP contribution in [0.5, 0.6) is 23.0 Å². The fourth-order valence-corrected chi connectivity index (χ4v) is 4.71. The number of alkyl halides is 1. The van der Waals surface area contributed by atoms with E-state index >= 15 is 0 Å². The van der Waals surface area contributed by atoms with Gasteiger partial charge >= 0.3 is 5.97 Å². The van der Waals surface area contributed by atoms with Gasteiger partial charge in [0.25, 0.3) is 0 Å². The van der Waals surface area contributed by atoms with E-state index in [-0.39, 0.29) is 30.2 Å². The minimum absolute atomic E-state index is 0.176. The quantitative estimate of drug-likeness (QED) is 0.332. The Kier molecular flexibility index (Phi) is 9.06. The van der Waals surface area contributed by atoms with E-state index in [1.807, 2.05) is 43.3 Å². The number of aliphatic carboxylic acids is 1. The van der Waals surface area contributed by atoms with E-state index in [0.717, 1.165) is 60.1 Å². The van der Waals surface area contributed by atoms with Gasteiger partial charge in [-0.2, -0.15) is 0 Å². The smallest absolute Gasteiger partial charge is 0.371 e. The molecule has 2 heterocycles. The number of hydrogen-bond acceptors (Lipinski definition) is 7. The number of phenolic OH excluding ortho intramolecular Hbond substituents is 2. The number of nitrogens with zero attached hydrogens (tertiary/aromatic N) is 1. The van der Waals surface area contributed by atoms with Crippen molar-refractivity contribution in [2.75, 3.05) is 32.9 Å². The summed E-state index contributed by atoms with van der Waals surface area (Å²) < 4.78 is 24.9. The molecule has 0 radical (unpaired) electrons. The summed E-state index contributed by atoms with van der Waals surface area (Å²) >= 11 is 0. The second kappa shape index (κ2) is 12.7. The maximum Gasteiger partial charge on any atom is 0.371 e. The molecule has 0 amide bonds. The summed E-state index contributed by atoms with van der Waals surface area (Å²) in [6, 6.07) is 20.1.